The van der Waals surface area contributed by atoms with Crippen LogP contribution in [0.1, 0.15) is 62.3 Å². The summed E-state index contributed by atoms with van der Waals surface area (Å²) in [6.45, 7) is 12.1. The monoisotopic (exact) mass is 555 g/mol. The number of carbonyl (C=O) groups excluding carboxylic acids is 1. The van der Waals surface area contributed by atoms with Crippen molar-refractivity contribution in [3.05, 3.63) is 65.5 Å². The van der Waals surface area contributed by atoms with Crippen LogP contribution in [0.5, 0.6) is 0 Å². The molecule has 10 heteroatoms. The van der Waals surface area contributed by atoms with E-state index in [-0.39, 0.29) is 23.4 Å². The molecule has 5 rings (SSSR count). The number of H-pyrrole nitrogens is 1. The van der Waals surface area contributed by atoms with Crippen molar-refractivity contribution in [3.63, 3.8) is 0 Å². The van der Waals surface area contributed by atoms with E-state index in [0.717, 1.165) is 50.4 Å². The lowest BCUT2D eigenvalue weighted by molar-refractivity contribution is -0.141. The van der Waals surface area contributed by atoms with Crippen LogP contribution in [0.15, 0.2) is 48.5 Å². The van der Waals surface area contributed by atoms with Gasteiger partial charge in [0.2, 0.25) is 5.95 Å². The Morgan fingerprint density at radius 2 is 1.70 bits per heavy atom. The number of likely N-dealkylation sites (tertiary alicyclic amines) is 1. The maximum Gasteiger partial charge on any atom is 0.433 e. The summed E-state index contributed by atoms with van der Waals surface area (Å²) in [5.74, 6) is -1.30. The summed E-state index contributed by atoms with van der Waals surface area (Å²) < 4.78 is 45.9. The van der Waals surface area contributed by atoms with Crippen LogP contribution in [-0.4, -0.2) is 53.6 Å². The lowest BCUT2D eigenvalue weighted by Crippen LogP contribution is -2.46. The molecule has 0 radical (unpaired) electrons. The summed E-state index contributed by atoms with van der Waals surface area (Å²) in [5, 5.41) is 3.01. The minimum Gasteiger partial charge on any atom is -0.461 e. The zero-order valence-corrected chi connectivity index (χ0v) is 23.4. The number of alkyl halides is 3. The first kappa shape index (κ1) is 28.0. The SMILES string of the molecule is CCOC(=O)c1nc(Nc2ccccc2N2CC3(CCN(CC(C)(C)C)CC3)c3ccccc32)[nH]c1C(F)(F)F. The van der Waals surface area contributed by atoms with Crippen LogP contribution in [-0.2, 0) is 16.3 Å². The van der Waals surface area contributed by atoms with Gasteiger partial charge in [0, 0.05) is 24.2 Å². The molecule has 7 nitrogen and oxygen atoms in total. The highest BCUT2D eigenvalue weighted by molar-refractivity contribution is 5.90. The molecular weight excluding hydrogens is 519 g/mol. The summed E-state index contributed by atoms with van der Waals surface area (Å²) in [6, 6.07) is 15.9. The van der Waals surface area contributed by atoms with Gasteiger partial charge in [0.25, 0.3) is 0 Å². The van der Waals surface area contributed by atoms with Crippen LogP contribution in [0.25, 0.3) is 0 Å². The number of hydrogen-bond acceptors (Lipinski definition) is 6. The van der Waals surface area contributed by atoms with E-state index < -0.39 is 23.5 Å². The number of rotatable bonds is 6. The standard InChI is InChI=1S/C30H36F3N5O2/c1-5-40-26(39)24-25(30(31,32)33)36-27(35-24)34-21-11-7-9-13-23(21)38-19-29(20-10-6-8-12-22(20)38)14-16-37(17-15-29)18-28(2,3)4/h6-13H,5,14-19H2,1-4H3,(H2,34,35,36). The Morgan fingerprint density at radius 1 is 1.05 bits per heavy atom. The van der Waals surface area contributed by atoms with Gasteiger partial charge < -0.3 is 24.8 Å². The zero-order valence-electron chi connectivity index (χ0n) is 23.4. The Morgan fingerprint density at radius 3 is 2.35 bits per heavy atom. The van der Waals surface area contributed by atoms with Gasteiger partial charge in [0.1, 0.15) is 0 Å². The van der Waals surface area contributed by atoms with Crippen LogP contribution in [0, 0.1) is 5.41 Å². The molecular formula is C30H36F3N5O2. The molecule has 2 aliphatic heterocycles. The molecule has 0 saturated carbocycles. The van der Waals surface area contributed by atoms with Crippen molar-refractivity contribution in [2.45, 2.75) is 52.1 Å². The van der Waals surface area contributed by atoms with E-state index in [1.165, 1.54) is 12.5 Å². The third kappa shape index (κ3) is 5.54. The highest BCUT2D eigenvalue weighted by Gasteiger charge is 2.45. The van der Waals surface area contributed by atoms with Gasteiger partial charge in [-0.1, -0.05) is 51.1 Å². The predicted octanol–water partition coefficient (Wildman–Crippen LogP) is 6.88. The molecule has 2 aliphatic rings. The fourth-order valence-electron chi connectivity index (χ4n) is 6.01. The van der Waals surface area contributed by atoms with Gasteiger partial charge >= 0.3 is 12.1 Å². The summed E-state index contributed by atoms with van der Waals surface area (Å²) in [5.41, 5.74) is 2.01. The molecule has 0 bridgehead atoms. The number of hydrogen-bond donors (Lipinski definition) is 2. The third-order valence-corrected chi connectivity index (χ3v) is 7.64. The normalized spacial score (nSPS) is 17.2. The van der Waals surface area contributed by atoms with E-state index >= 15 is 0 Å². The first-order chi connectivity index (χ1) is 18.9. The van der Waals surface area contributed by atoms with E-state index in [2.05, 4.69) is 64.1 Å². The highest BCUT2D eigenvalue weighted by atomic mass is 19.4. The number of para-hydroxylation sites is 3. The maximum atomic E-state index is 13.7. The minimum absolute atomic E-state index is 0.0106. The van der Waals surface area contributed by atoms with Gasteiger partial charge in [-0.25, -0.2) is 9.78 Å². The first-order valence-electron chi connectivity index (χ1n) is 13.7. The molecule has 0 aliphatic carbocycles. The topological polar surface area (TPSA) is 73.5 Å². The number of carbonyl (C=O) groups is 1. The zero-order chi connectivity index (χ0) is 28.7. The first-order valence-corrected chi connectivity index (χ1v) is 13.7. The number of ether oxygens (including phenoxy) is 1. The molecule has 2 N–H and O–H groups in total. The van der Waals surface area contributed by atoms with Crippen molar-refractivity contribution in [1.82, 2.24) is 14.9 Å². The molecule has 214 valence electrons. The lowest BCUT2D eigenvalue weighted by atomic mass is 9.74. The molecule has 40 heavy (non-hydrogen) atoms. The lowest BCUT2D eigenvalue weighted by Gasteiger charge is -2.42. The molecule has 1 fully saturated rings. The molecule has 0 amide bonds. The molecule has 3 heterocycles. The average Bonchev–Trinajstić information content (AvgIpc) is 3.46. The van der Waals surface area contributed by atoms with E-state index in [1.54, 1.807) is 6.07 Å². The predicted molar refractivity (Wildman–Crippen MR) is 150 cm³/mol. The van der Waals surface area contributed by atoms with Gasteiger partial charge in [0.15, 0.2) is 11.4 Å². The van der Waals surface area contributed by atoms with Crippen LogP contribution in [0.4, 0.5) is 36.2 Å². The van der Waals surface area contributed by atoms with E-state index in [1.807, 2.05) is 24.3 Å². The number of fused-ring (bicyclic) bond motifs is 2. The number of anilines is 4. The number of nitrogens with zero attached hydrogens (tertiary/aromatic N) is 3. The number of piperidine rings is 1. The van der Waals surface area contributed by atoms with Gasteiger partial charge in [-0.15, -0.1) is 0 Å². The summed E-state index contributed by atoms with van der Waals surface area (Å²) >= 11 is 0. The average molecular weight is 556 g/mol. The number of imidazole rings is 1. The summed E-state index contributed by atoms with van der Waals surface area (Å²) in [4.78, 5) is 23.2. The third-order valence-electron chi connectivity index (χ3n) is 7.64. The van der Waals surface area contributed by atoms with Gasteiger partial charge in [-0.3, -0.25) is 0 Å². The number of aromatic nitrogens is 2. The Bertz CT molecular complexity index is 1370. The number of nitrogens with one attached hydrogen (secondary N) is 2. The molecule has 1 spiro atoms. The fourth-order valence-corrected chi connectivity index (χ4v) is 6.01. The second kappa shape index (κ2) is 10.5. The van der Waals surface area contributed by atoms with Crippen molar-refractivity contribution >= 4 is 29.0 Å². The number of benzene rings is 2. The molecule has 0 unspecified atom stereocenters. The van der Waals surface area contributed by atoms with Crippen LogP contribution >= 0.6 is 0 Å². The van der Waals surface area contributed by atoms with Gasteiger partial charge in [0.05, 0.1) is 18.0 Å². The minimum atomic E-state index is -4.79. The second-order valence-corrected chi connectivity index (χ2v) is 11.9. The van der Waals surface area contributed by atoms with Gasteiger partial charge in [-0.05, 0) is 62.0 Å². The van der Waals surface area contributed by atoms with Crippen LogP contribution < -0.4 is 10.2 Å². The number of esters is 1. The van der Waals surface area contributed by atoms with Crippen LogP contribution in [0.2, 0.25) is 0 Å². The molecule has 1 saturated heterocycles. The second-order valence-electron chi connectivity index (χ2n) is 11.9. The highest BCUT2D eigenvalue weighted by Crippen LogP contribution is 2.51. The Hall–Kier alpha value is -3.53. The number of aromatic amines is 1. The van der Waals surface area contributed by atoms with Crippen molar-refractivity contribution in [1.29, 1.82) is 0 Å². The molecule has 0 atom stereocenters. The Labute approximate surface area is 232 Å². The fraction of sp³-hybridized carbons (Fsp3) is 0.467. The maximum absolute atomic E-state index is 13.7. The molecule has 2 aromatic carbocycles. The summed E-state index contributed by atoms with van der Waals surface area (Å²) in [6.07, 6.45) is -2.74. The van der Waals surface area contributed by atoms with Crippen LogP contribution in [0.3, 0.4) is 0 Å². The van der Waals surface area contributed by atoms with E-state index in [4.69, 9.17) is 4.74 Å². The van der Waals surface area contributed by atoms with Crippen molar-refractivity contribution in [2.24, 2.45) is 5.41 Å². The largest absolute Gasteiger partial charge is 0.461 e. The quantitative estimate of drug-likeness (QED) is 0.323. The van der Waals surface area contributed by atoms with Crippen molar-refractivity contribution in [2.75, 3.05) is 43.0 Å². The van der Waals surface area contributed by atoms with E-state index in [9.17, 15) is 18.0 Å². The Balaban J connectivity index is 1.45. The Kier molecular flexibility index (Phi) is 7.33. The smallest absolute Gasteiger partial charge is 0.433 e. The summed E-state index contributed by atoms with van der Waals surface area (Å²) in [7, 11) is 0. The molecule has 1 aromatic heterocycles. The number of halogens is 3. The van der Waals surface area contributed by atoms with Crippen molar-refractivity contribution < 1.29 is 22.7 Å². The van der Waals surface area contributed by atoms with Gasteiger partial charge in [-0.2, -0.15) is 13.2 Å². The van der Waals surface area contributed by atoms with E-state index in [0.29, 0.717) is 5.69 Å². The molecule has 3 aromatic rings. The van der Waals surface area contributed by atoms with Crippen molar-refractivity contribution in [3.8, 4) is 0 Å².